The minimum Gasteiger partial charge on any atom is -0.389 e. The van der Waals surface area contributed by atoms with Crippen LogP contribution in [-0.4, -0.2) is 119 Å². The number of esters is 3. The summed E-state index contributed by atoms with van der Waals surface area (Å²) in [6.45, 7) is -3.87. The highest BCUT2D eigenvalue weighted by atomic mass is 19.4. The molecule has 4 aliphatic rings. The predicted molar refractivity (Wildman–Crippen MR) is 134 cm³/mol. The van der Waals surface area contributed by atoms with E-state index in [0.29, 0.717) is 0 Å². The van der Waals surface area contributed by atoms with Gasteiger partial charge in [-0.1, -0.05) is 0 Å². The van der Waals surface area contributed by atoms with Crippen LogP contribution in [0.25, 0.3) is 0 Å². The number of alkyl halides is 24. The van der Waals surface area contributed by atoms with Crippen molar-refractivity contribution in [2.24, 2.45) is 0 Å². The van der Waals surface area contributed by atoms with E-state index in [1.807, 2.05) is 14.2 Å². The van der Waals surface area contributed by atoms with Crippen LogP contribution in [0.5, 0.6) is 0 Å². The van der Waals surface area contributed by atoms with Crippen LogP contribution >= 0.6 is 0 Å². The Labute approximate surface area is 355 Å². The predicted octanol–water partition coefficient (Wildman–Crippen LogP) is 10.3. The van der Waals surface area contributed by atoms with Gasteiger partial charge in [0.25, 0.3) is 40.1 Å². The third kappa shape index (κ3) is 6.68. The van der Waals surface area contributed by atoms with Crippen molar-refractivity contribution in [1.29, 1.82) is 0 Å². The number of ether oxygens (including phenoxy) is 7. The standard InChI is InChI=1S/C27H5F33O10/c1-2-64-21(48)14(69-26(57,58)23(51,52)66-10(62)4(29)7(33)34)17(40,41)12(37)16(38,39)13(19(14,44)45,68-25(55,56)22(49,50)65-9(61)3(28)6(31)32)20(46,47)15(21,18(12,42)43)70-27(59,60)24(53,54)67-11(63)5(30)8(35)36/h2H2,1H3. The zero-order valence-electron chi connectivity index (χ0n) is 30.8. The Morgan fingerprint density at radius 1 is 0.357 bits per heavy atom. The normalized spacial score (nSPS) is 29.7. The van der Waals surface area contributed by atoms with Gasteiger partial charge in [0, 0.05) is 6.61 Å². The van der Waals surface area contributed by atoms with Crippen molar-refractivity contribution >= 4 is 17.9 Å². The molecule has 43 heteroatoms. The van der Waals surface area contributed by atoms with E-state index < -0.39 is 162 Å². The van der Waals surface area contributed by atoms with Crippen LogP contribution in [0.15, 0.2) is 35.7 Å². The molecule has 4 bridgehead atoms. The molecule has 4 aliphatic carbocycles. The average molecular weight is 1120 g/mol. The van der Waals surface area contributed by atoms with Gasteiger partial charge in [-0.3, -0.25) is 14.2 Å². The second-order valence-corrected chi connectivity index (χ2v) is 12.9. The Bertz CT molecular complexity index is 2150. The van der Waals surface area contributed by atoms with E-state index in [1.165, 1.54) is 0 Å². The number of rotatable bonds is 17. The number of halogens is 33. The van der Waals surface area contributed by atoms with E-state index in [-0.39, 0.29) is 0 Å². The van der Waals surface area contributed by atoms with Crippen molar-refractivity contribution in [3.63, 3.8) is 0 Å². The van der Waals surface area contributed by atoms with Gasteiger partial charge in [0.1, 0.15) is 0 Å². The SMILES string of the molecule is CCOC1(F)C2(OC(F)(F)C(F)(F)OC(=O)C(F)=C(F)F)C(F)(F)C3(F)C(F)(F)C(OC(F)(F)C(F)(F)OC(=O)C(F)=C(F)F)(C2(F)F)C(F)(F)C1(OC(F)(F)C(F)(F)OC(=O)C(F)=C(F)F)C3(F)F. The van der Waals surface area contributed by atoms with Gasteiger partial charge in [-0.15, -0.1) is 0 Å². The molecule has 70 heavy (non-hydrogen) atoms. The number of hydrogen-bond acceptors (Lipinski definition) is 10. The minimum absolute atomic E-state index is 0.645. The van der Waals surface area contributed by atoms with Gasteiger partial charge >= 0.3 is 108 Å². The van der Waals surface area contributed by atoms with Crippen molar-refractivity contribution in [2.45, 2.75) is 102 Å². The molecule has 0 aliphatic heterocycles. The molecule has 4 fully saturated rings. The van der Waals surface area contributed by atoms with Gasteiger partial charge < -0.3 is 18.9 Å². The molecule has 0 N–H and O–H groups in total. The van der Waals surface area contributed by atoms with Crippen molar-refractivity contribution in [2.75, 3.05) is 6.61 Å². The number of hydrogen-bond donors (Lipinski definition) is 0. The molecule has 0 aromatic carbocycles. The molecule has 2 unspecified atom stereocenters. The summed E-state index contributed by atoms with van der Waals surface area (Å²) in [7, 11) is 0. The first-order valence-electron chi connectivity index (χ1n) is 15.7. The second kappa shape index (κ2) is 16.1. The van der Waals surface area contributed by atoms with Gasteiger partial charge in [0.2, 0.25) is 0 Å². The molecule has 0 aromatic heterocycles. The lowest BCUT2D eigenvalue weighted by Gasteiger charge is -2.78. The molecule has 4 saturated carbocycles. The van der Waals surface area contributed by atoms with Gasteiger partial charge in [0.15, 0.2) is 0 Å². The van der Waals surface area contributed by atoms with Gasteiger partial charge in [-0.2, -0.15) is 136 Å². The summed E-state index contributed by atoms with van der Waals surface area (Å²) in [6.07, 6.45) is -65.2. The van der Waals surface area contributed by atoms with Gasteiger partial charge in [-0.05, 0) is 6.92 Å². The van der Waals surface area contributed by atoms with Crippen molar-refractivity contribution in [1.82, 2.24) is 0 Å². The Morgan fingerprint density at radius 2 is 0.571 bits per heavy atom. The number of carbonyl (C=O) groups is 3. The quantitative estimate of drug-likeness (QED) is 0.0604. The topological polar surface area (TPSA) is 116 Å². The van der Waals surface area contributed by atoms with Crippen LogP contribution in [0.3, 0.4) is 0 Å². The summed E-state index contributed by atoms with van der Waals surface area (Å²) in [5.74, 6) is -84.0. The monoisotopic (exact) mass is 1120 g/mol. The lowest BCUT2D eigenvalue weighted by atomic mass is 9.38. The van der Waals surface area contributed by atoms with E-state index >= 15 is 79.0 Å². The Hall–Kier alpha value is -4.84. The van der Waals surface area contributed by atoms with Crippen molar-refractivity contribution < 1.29 is 192 Å². The van der Waals surface area contributed by atoms with E-state index in [0.717, 1.165) is 0 Å². The zero-order valence-corrected chi connectivity index (χ0v) is 30.8. The maximum atomic E-state index is 17.5. The first-order valence-corrected chi connectivity index (χ1v) is 15.7. The van der Waals surface area contributed by atoms with Crippen LogP contribution in [0.4, 0.5) is 145 Å². The highest BCUT2D eigenvalue weighted by Gasteiger charge is 3.24. The van der Waals surface area contributed by atoms with Gasteiger partial charge in [-0.25, -0.2) is 23.2 Å². The molecule has 2 atom stereocenters. The van der Waals surface area contributed by atoms with Crippen molar-refractivity contribution in [3.05, 3.63) is 35.7 Å². The maximum absolute atomic E-state index is 17.5. The zero-order chi connectivity index (χ0) is 55.9. The lowest BCUT2D eigenvalue weighted by molar-refractivity contribution is -0.684. The fraction of sp³-hybridized carbons (Fsp3) is 0.667. The molecular formula is C27H5F33O10. The Balaban J connectivity index is 2.86. The molecule has 0 heterocycles. The largest absolute Gasteiger partial charge is 0.496 e. The van der Waals surface area contributed by atoms with Crippen molar-refractivity contribution in [3.8, 4) is 0 Å². The van der Waals surface area contributed by atoms with Crippen LogP contribution < -0.4 is 0 Å². The first kappa shape index (κ1) is 59.5. The molecule has 0 saturated heterocycles. The summed E-state index contributed by atoms with van der Waals surface area (Å²) in [4.78, 5) is 33.6. The Kier molecular flexibility index (Phi) is 13.7. The molecule has 0 amide bonds. The van der Waals surface area contributed by atoms with Crippen LogP contribution in [0, 0.1) is 0 Å². The summed E-state index contributed by atoms with van der Waals surface area (Å²) in [5, 5.41) is 0. The first-order chi connectivity index (χ1) is 30.6. The fourth-order valence-electron chi connectivity index (χ4n) is 6.49. The molecular weight excluding hydrogens is 1110 g/mol. The van der Waals surface area contributed by atoms with E-state index in [9.17, 15) is 80.2 Å². The minimum atomic E-state index is -9.84. The smallest absolute Gasteiger partial charge is 0.389 e. The summed E-state index contributed by atoms with van der Waals surface area (Å²) in [6, 6.07) is 0. The Morgan fingerprint density at radius 3 is 0.786 bits per heavy atom. The highest BCUT2D eigenvalue weighted by Crippen LogP contribution is 2.89. The molecule has 10 nitrogen and oxygen atoms in total. The van der Waals surface area contributed by atoms with Crippen LogP contribution in [0.2, 0.25) is 0 Å². The highest BCUT2D eigenvalue weighted by molar-refractivity contribution is 5.87. The fourth-order valence-corrected chi connectivity index (χ4v) is 6.49. The van der Waals surface area contributed by atoms with Crippen LogP contribution in [-0.2, 0) is 47.5 Å². The maximum Gasteiger partial charge on any atom is 0.496 e. The summed E-state index contributed by atoms with van der Waals surface area (Å²) in [5.41, 5.74) is -38.5. The lowest BCUT2D eigenvalue weighted by Crippen LogP contribution is -3.13. The average Bonchev–Trinajstić information content (AvgIpc) is 3.16. The van der Waals surface area contributed by atoms with E-state index in [4.69, 9.17) is 0 Å². The third-order valence-electron chi connectivity index (χ3n) is 9.20. The third-order valence-corrected chi connectivity index (χ3v) is 9.20. The number of carbonyl (C=O) groups excluding carboxylic acids is 3. The molecule has 404 valence electrons. The molecule has 0 spiro atoms. The molecule has 0 aromatic rings. The van der Waals surface area contributed by atoms with E-state index in [2.05, 4.69) is 4.74 Å². The van der Waals surface area contributed by atoms with Crippen LogP contribution in [0.1, 0.15) is 6.92 Å². The molecule has 0 radical (unpaired) electrons. The van der Waals surface area contributed by atoms with Gasteiger partial charge in [0.05, 0.1) is 0 Å². The summed E-state index contributed by atoms with van der Waals surface area (Å²) >= 11 is 0. The molecule has 4 rings (SSSR count). The second-order valence-electron chi connectivity index (χ2n) is 12.9. The summed E-state index contributed by atoms with van der Waals surface area (Å²) < 4.78 is 506. The van der Waals surface area contributed by atoms with E-state index in [1.54, 1.807) is 14.2 Å².